The van der Waals surface area contributed by atoms with Crippen molar-refractivity contribution in [1.82, 2.24) is 5.32 Å². The second kappa shape index (κ2) is 5.46. The largest absolute Gasteiger partial charge is 0.317 e. The SMILES string of the molecule is CNC(C)C1CCC(=O)c2ccccc21.Cl. The Bertz CT molecular complexity index is 378. The van der Waals surface area contributed by atoms with Crippen molar-refractivity contribution in [3.8, 4) is 0 Å². The monoisotopic (exact) mass is 239 g/mol. The van der Waals surface area contributed by atoms with E-state index in [-0.39, 0.29) is 12.4 Å². The normalized spacial score (nSPS) is 20.9. The summed E-state index contributed by atoms with van der Waals surface area (Å²) in [6.07, 6.45) is 1.66. The third-order valence-corrected chi connectivity index (χ3v) is 3.40. The van der Waals surface area contributed by atoms with Gasteiger partial charge in [-0.25, -0.2) is 0 Å². The molecule has 0 saturated heterocycles. The van der Waals surface area contributed by atoms with Gasteiger partial charge in [-0.3, -0.25) is 4.79 Å². The van der Waals surface area contributed by atoms with Crippen molar-refractivity contribution in [3.05, 3.63) is 35.4 Å². The lowest BCUT2D eigenvalue weighted by Gasteiger charge is -2.29. The molecule has 2 unspecified atom stereocenters. The van der Waals surface area contributed by atoms with Crippen LogP contribution in [-0.2, 0) is 0 Å². The van der Waals surface area contributed by atoms with E-state index in [1.165, 1.54) is 5.56 Å². The number of rotatable bonds is 2. The van der Waals surface area contributed by atoms with Gasteiger partial charge in [0.2, 0.25) is 0 Å². The molecule has 1 aliphatic carbocycles. The molecular weight excluding hydrogens is 222 g/mol. The van der Waals surface area contributed by atoms with E-state index in [0.29, 0.717) is 24.2 Å². The van der Waals surface area contributed by atoms with Crippen LogP contribution >= 0.6 is 12.4 Å². The van der Waals surface area contributed by atoms with Crippen molar-refractivity contribution in [3.63, 3.8) is 0 Å². The fraction of sp³-hybridized carbons (Fsp3) is 0.462. The topological polar surface area (TPSA) is 29.1 Å². The Balaban J connectivity index is 0.00000128. The number of nitrogens with one attached hydrogen (secondary N) is 1. The predicted molar refractivity (Wildman–Crippen MR) is 68.5 cm³/mol. The first kappa shape index (κ1) is 13.2. The molecule has 1 aromatic carbocycles. The number of hydrogen-bond acceptors (Lipinski definition) is 2. The summed E-state index contributed by atoms with van der Waals surface area (Å²) < 4.78 is 0. The van der Waals surface area contributed by atoms with Crippen LogP contribution in [0.2, 0.25) is 0 Å². The average Bonchev–Trinajstić information content (AvgIpc) is 2.29. The molecule has 2 atom stereocenters. The minimum absolute atomic E-state index is 0. The highest BCUT2D eigenvalue weighted by atomic mass is 35.5. The summed E-state index contributed by atoms with van der Waals surface area (Å²) in [6.45, 7) is 2.18. The van der Waals surface area contributed by atoms with Crippen LogP contribution in [0.3, 0.4) is 0 Å². The highest BCUT2D eigenvalue weighted by Gasteiger charge is 2.27. The fourth-order valence-electron chi connectivity index (χ4n) is 2.37. The van der Waals surface area contributed by atoms with E-state index in [9.17, 15) is 4.79 Å². The Labute approximate surface area is 103 Å². The van der Waals surface area contributed by atoms with Gasteiger partial charge in [-0.05, 0) is 26.0 Å². The van der Waals surface area contributed by atoms with E-state index >= 15 is 0 Å². The summed E-state index contributed by atoms with van der Waals surface area (Å²) in [4.78, 5) is 11.7. The number of hydrogen-bond donors (Lipinski definition) is 1. The second-order valence-corrected chi connectivity index (χ2v) is 4.23. The zero-order valence-corrected chi connectivity index (χ0v) is 10.5. The van der Waals surface area contributed by atoms with Crippen LogP contribution < -0.4 is 5.32 Å². The van der Waals surface area contributed by atoms with Gasteiger partial charge in [0.25, 0.3) is 0 Å². The zero-order chi connectivity index (χ0) is 10.8. The van der Waals surface area contributed by atoms with E-state index in [2.05, 4.69) is 18.3 Å². The molecule has 0 fully saturated rings. The summed E-state index contributed by atoms with van der Waals surface area (Å²) >= 11 is 0. The van der Waals surface area contributed by atoms with Crippen LogP contribution in [0, 0.1) is 0 Å². The van der Waals surface area contributed by atoms with Gasteiger partial charge in [-0.1, -0.05) is 24.3 Å². The molecule has 1 aliphatic rings. The van der Waals surface area contributed by atoms with Crippen molar-refractivity contribution in [2.75, 3.05) is 7.05 Å². The van der Waals surface area contributed by atoms with E-state index in [4.69, 9.17) is 0 Å². The van der Waals surface area contributed by atoms with Gasteiger partial charge in [0, 0.05) is 23.9 Å². The first-order valence-corrected chi connectivity index (χ1v) is 5.53. The lowest BCUT2D eigenvalue weighted by atomic mass is 9.79. The maximum atomic E-state index is 11.7. The molecule has 0 aliphatic heterocycles. The Kier molecular flexibility index (Phi) is 4.51. The van der Waals surface area contributed by atoms with Crippen molar-refractivity contribution < 1.29 is 4.79 Å². The molecule has 0 heterocycles. The summed E-state index contributed by atoms with van der Waals surface area (Å²) in [5.41, 5.74) is 2.14. The van der Waals surface area contributed by atoms with Gasteiger partial charge in [0.1, 0.15) is 0 Å². The standard InChI is InChI=1S/C13H17NO.ClH/c1-9(14-2)10-7-8-13(15)12-6-4-3-5-11(10)12;/h3-6,9-10,14H,7-8H2,1-2H3;1H. The molecule has 88 valence electrons. The van der Waals surface area contributed by atoms with Crippen molar-refractivity contribution in [2.45, 2.75) is 31.7 Å². The third kappa shape index (κ3) is 2.28. The lowest BCUT2D eigenvalue weighted by molar-refractivity contribution is 0.0964. The van der Waals surface area contributed by atoms with E-state index in [0.717, 1.165) is 12.0 Å². The quantitative estimate of drug-likeness (QED) is 0.860. The zero-order valence-electron chi connectivity index (χ0n) is 9.69. The Morgan fingerprint density at radius 1 is 1.38 bits per heavy atom. The van der Waals surface area contributed by atoms with E-state index < -0.39 is 0 Å². The average molecular weight is 240 g/mol. The highest BCUT2D eigenvalue weighted by Crippen LogP contribution is 2.33. The van der Waals surface area contributed by atoms with E-state index in [1.807, 2.05) is 25.2 Å². The number of carbonyl (C=O) groups excluding carboxylic acids is 1. The smallest absolute Gasteiger partial charge is 0.163 e. The Hall–Kier alpha value is -0.860. The fourth-order valence-corrected chi connectivity index (χ4v) is 2.37. The van der Waals surface area contributed by atoms with Gasteiger partial charge in [-0.15, -0.1) is 12.4 Å². The van der Waals surface area contributed by atoms with Crippen molar-refractivity contribution in [1.29, 1.82) is 0 Å². The molecule has 0 saturated carbocycles. The molecular formula is C13H18ClNO. The van der Waals surface area contributed by atoms with E-state index in [1.54, 1.807) is 0 Å². The molecule has 0 spiro atoms. The van der Waals surface area contributed by atoms with Gasteiger partial charge in [0.15, 0.2) is 5.78 Å². The molecule has 2 nitrogen and oxygen atoms in total. The van der Waals surface area contributed by atoms with Crippen LogP contribution in [-0.4, -0.2) is 18.9 Å². The second-order valence-electron chi connectivity index (χ2n) is 4.23. The number of carbonyl (C=O) groups is 1. The van der Waals surface area contributed by atoms with Crippen LogP contribution in [0.25, 0.3) is 0 Å². The molecule has 0 bridgehead atoms. The van der Waals surface area contributed by atoms with Crippen LogP contribution in [0.15, 0.2) is 24.3 Å². The highest BCUT2D eigenvalue weighted by molar-refractivity contribution is 5.98. The lowest BCUT2D eigenvalue weighted by Crippen LogP contribution is -2.32. The van der Waals surface area contributed by atoms with Crippen LogP contribution in [0.5, 0.6) is 0 Å². The minimum Gasteiger partial charge on any atom is -0.317 e. The van der Waals surface area contributed by atoms with Gasteiger partial charge < -0.3 is 5.32 Å². The number of likely N-dealkylation sites (N-methyl/N-ethyl adjacent to an activating group) is 1. The summed E-state index contributed by atoms with van der Waals surface area (Å²) in [6, 6.07) is 8.44. The molecule has 0 amide bonds. The summed E-state index contributed by atoms with van der Waals surface area (Å²) in [5, 5.41) is 3.28. The Morgan fingerprint density at radius 3 is 2.75 bits per heavy atom. The molecule has 1 aromatic rings. The molecule has 0 radical (unpaired) electrons. The number of benzene rings is 1. The molecule has 3 heteroatoms. The van der Waals surface area contributed by atoms with Crippen molar-refractivity contribution >= 4 is 18.2 Å². The van der Waals surface area contributed by atoms with Gasteiger partial charge >= 0.3 is 0 Å². The third-order valence-electron chi connectivity index (χ3n) is 3.40. The first-order chi connectivity index (χ1) is 7.24. The van der Waals surface area contributed by atoms with Crippen LogP contribution in [0.4, 0.5) is 0 Å². The maximum Gasteiger partial charge on any atom is 0.163 e. The first-order valence-electron chi connectivity index (χ1n) is 5.53. The van der Waals surface area contributed by atoms with Crippen LogP contribution in [0.1, 0.15) is 41.6 Å². The van der Waals surface area contributed by atoms with Gasteiger partial charge in [-0.2, -0.15) is 0 Å². The van der Waals surface area contributed by atoms with Crippen molar-refractivity contribution in [2.24, 2.45) is 0 Å². The number of fused-ring (bicyclic) bond motifs is 1. The molecule has 0 aromatic heterocycles. The number of Topliss-reactive ketones (excluding diaryl/α,β-unsaturated/α-hetero) is 1. The molecule has 1 N–H and O–H groups in total. The predicted octanol–water partition coefficient (Wildman–Crippen LogP) is 2.78. The maximum absolute atomic E-state index is 11.7. The molecule has 16 heavy (non-hydrogen) atoms. The summed E-state index contributed by atoms with van der Waals surface area (Å²) in [5.74, 6) is 0.772. The van der Waals surface area contributed by atoms with Gasteiger partial charge in [0.05, 0.1) is 0 Å². The number of ketones is 1. The summed E-state index contributed by atoms with van der Waals surface area (Å²) in [7, 11) is 1.98. The number of halogens is 1. The molecule has 2 rings (SSSR count). The minimum atomic E-state index is 0. The Morgan fingerprint density at radius 2 is 2.06 bits per heavy atom.